The van der Waals surface area contributed by atoms with Crippen LogP contribution in [-0.4, -0.2) is 53.8 Å². The molecule has 1 aromatic carbocycles. The molecule has 124 valence electrons. The molecule has 0 amide bonds. The first-order valence-corrected chi connectivity index (χ1v) is 9.25. The monoisotopic (exact) mass is 335 g/mol. The van der Waals surface area contributed by atoms with Crippen LogP contribution in [-0.2, 0) is 16.6 Å². The van der Waals surface area contributed by atoms with Gasteiger partial charge in [0.25, 0.3) is 0 Å². The van der Waals surface area contributed by atoms with Crippen molar-refractivity contribution >= 4 is 10.0 Å². The number of hydrogen-bond acceptors (Lipinski definition) is 5. The Labute approximate surface area is 136 Å². The Hall–Kier alpha value is -1.77. The maximum absolute atomic E-state index is 12.2. The summed E-state index contributed by atoms with van der Waals surface area (Å²) in [7, 11) is -3.42. The minimum Gasteiger partial charge on any atom is -0.297 e. The van der Waals surface area contributed by atoms with Crippen molar-refractivity contribution < 1.29 is 8.42 Å². The summed E-state index contributed by atoms with van der Waals surface area (Å²) in [4.78, 5) is 6.58. The van der Waals surface area contributed by atoms with Crippen molar-refractivity contribution in [2.75, 3.05) is 19.6 Å². The van der Waals surface area contributed by atoms with Crippen molar-refractivity contribution in [2.24, 2.45) is 0 Å². The molecular formula is C15H21N5O2S. The van der Waals surface area contributed by atoms with E-state index in [1.54, 1.807) is 36.7 Å². The van der Waals surface area contributed by atoms with Gasteiger partial charge in [0.2, 0.25) is 10.0 Å². The normalized spacial score (nSPS) is 19.2. The average Bonchev–Trinajstić information content (AvgIpc) is 3.21. The third-order valence-electron chi connectivity index (χ3n) is 4.11. The lowest BCUT2D eigenvalue weighted by molar-refractivity contribution is 0.231. The van der Waals surface area contributed by atoms with Crippen molar-refractivity contribution in [1.82, 2.24) is 24.4 Å². The van der Waals surface area contributed by atoms with Gasteiger partial charge in [-0.1, -0.05) is 18.2 Å². The van der Waals surface area contributed by atoms with Gasteiger partial charge in [-0.15, -0.1) is 0 Å². The van der Waals surface area contributed by atoms with Crippen molar-refractivity contribution in [3.8, 4) is 0 Å². The highest BCUT2D eigenvalue weighted by atomic mass is 32.2. The third-order valence-corrected chi connectivity index (χ3v) is 5.58. The van der Waals surface area contributed by atoms with Gasteiger partial charge in [-0.25, -0.2) is 18.1 Å². The second-order valence-corrected chi connectivity index (χ2v) is 7.43. The molecule has 0 spiro atoms. The Bertz CT molecular complexity index is 703. The molecule has 1 aromatic heterocycles. The highest BCUT2D eigenvalue weighted by Crippen LogP contribution is 2.18. The fourth-order valence-electron chi connectivity index (χ4n) is 2.95. The summed E-state index contributed by atoms with van der Waals surface area (Å²) < 4.78 is 28.9. The van der Waals surface area contributed by atoms with Crippen LogP contribution in [0.15, 0.2) is 47.9 Å². The quantitative estimate of drug-likeness (QED) is 0.806. The summed E-state index contributed by atoms with van der Waals surface area (Å²) in [6, 6.07) is 8.85. The van der Waals surface area contributed by atoms with Crippen molar-refractivity contribution in [3.05, 3.63) is 43.0 Å². The molecule has 8 heteroatoms. The van der Waals surface area contributed by atoms with E-state index in [0.717, 1.165) is 25.9 Å². The van der Waals surface area contributed by atoms with Gasteiger partial charge in [-0.3, -0.25) is 9.58 Å². The minimum atomic E-state index is -3.42. The van der Waals surface area contributed by atoms with E-state index in [0.29, 0.717) is 24.0 Å². The Morgan fingerprint density at radius 2 is 2.09 bits per heavy atom. The van der Waals surface area contributed by atoms with Crippen LogP contribution in [0.1, 0.15) is 12.8 Å². The Morgan fingerprint density at radius 1 is 1.26 bits per heavy atom. The maximum Gasteiger partial charge on any atom is 0.240 e. The van der Waals surface area contributed by atoms with Crippen molar-refractivity contribution in [2.45, 2.75) is 30.3 Å². The number of likely N-dealkylation sites (tertiary alicyclic amines) is 1. The van der Waals surface area contributed by atoms with E-state index in [-0.39, 0.29) is 0 Å². The first-order valence-electron chi connectivity index (χ1n) is 7.76. The summed E-state index contributed by atoms with van der Waals surface area (Å²) >= 11 is 0. The first kappa shape index (κ1) is 16.1. The molecule has 1 aliphatic heterocycles. The predicted octanol–water partition coefficient (Wildman–Crippen LogP) is 0.721. The Kier molecular flexibility index (Phi) is 5.04. The van der Waals surface area contributed by atoms with Crippen LogP contribution in [0.25, 0.3) is 0 Å². The largest absolute Gasteiger partial charge is 0.297 e. The van der Waals surface area contributed by atoms with Gasteiger partial charge in [0.05, 0.1) is 11.4 Å². The van der Waals surface area contributed by atoms with Gasteiger partial charge in [0.15, 0.2) is 0 Å². The molecule has 3 rings (SSSR count). The average molecular weight is 335 g/mol. The van der Waals surface area contributed by atoms with E-state index < -0.39 is 10.0 Å². The van der Waals surface area contributed by atoms with Crippen molar-refractivity contribution in [1.29, 1.82) is 0 Å². The molecule has 0 saturated carbocycles. The molecule has 0 aliphatic carbocycles. The van der Waals surface area contributed by atoms with E-state index >= 15 is 0 Å². The highest BCUT2D eigenvalue weighted by Gasteiger charge is 2.25. The van der Waals surface area contributed by atoms with Crippen LogP contribution in [0.2, 0.25) is 0 Å². The van der Waals surface area contributed by atoms with Gasteiger partial charge in [0, 0.05) is 19.1 Å². The van der Waals surface area contributed by atoms with Gasteiger partial charge >= 0.3 is 0 Å². The zero-order chi connectivity index (χ0) is 16.1. The molecule has 1 fully saturated rings. The lowest BCUT2D eigenvalue weighted by Gasteiger charge is -2.24. The standard InChI is InChI=1S/C15H21N5O2S/c21-23(22,15-6-2-1-3-7-15)18-8-10-19-9-4-5-14(19)11-20-13-16-12-17-20/h1-3,6-7,12-14,18H,4-5,8-11H2/t14-/m1/s1. The predicted molar refractivity (Wildman–Crippen MR) is 86.2 cm³/mol. The molecule has 0 radical (unpaired) electrons. The Morgan fingerprint density at radius 3 is 2.83 bits per heavy atom. The summed E-state index contributed by atoms with van der Waals surface area (Å²) in [5.41, 5.74) is 0. The number of sulfonamides is 1. The fraction of sp³-hybridized carbons (Fsp3) is 0.467. The van der Waals surface area contributed by atoms with Gasteiger partial charge in [0.1, 0.15) is 12.7 Å². The van der Waals surface area contributed by atoms with Crippen molar-refractivity contribution in [3.63, 3.8) is 0 Å². The molecule has 1 atom stereocenters. The summed E-state index contributed by atoms with van der Waals surface area (Å²) in [6.07, 6.45) is 5.48. The molecule has 1 N–H and O–H groups in total. The van der Waals surface area contributed by atoms with Gasteiger partial charge in [-0.2, -0.15) is 5.10 Å². The second-order valence-electron chi connectivity index (χ2n) is 5.66. The van der Waals surface area contributed by atoms with Crippen LogP contribution < -0.4 is 4.72 Å². The number of nitrogens with zero attached hydrogens (tertiary/aromatic N) is 4. The summed E-state index contributed by atoms with van der Waals surface area (Å²) in [5, 5.41) is 4.14. The van der Waals surface area contributed by atoms with E-state index in [1.165, 1.54) is 6.33 Å². The molecule has 23 heavy (non-hydrogen) atoms. The maximum atomic E-state index is 12.2. The minimum absolute atomic E-state index is 0.306. The Balaban J connectivity index is 1.52. The van der Waals surface area contributed by atoms with Crippen LogP contribution >= 0.6 is 0 Å². The lowest BCUT2D eigenvalue weighted by atomic mass is 10.2. The molecule has 1 aliphatic rings. The van der Waals surface area contributed by atoms with E-state index in [2.05, 4.69) is 19.7 Å². The van der Waals surface area contributed by atoms with Gasteiger partial charge in [-0.05, 0) is 31.5 Å². The number of nitrogens with one attached hydrogen (secondary N) is 1. The number of benzene rings is 1. The van der Waals surface area contributed by atoms with E-state index in [9.17, 15) is 8.42 Å². The SMILES string of the molecule is O=S(=O)(NCCN1CCC[C@@H]1Cn1cncn1)c1ccccc1. The summed E-state index contributed by atoms with van der Waals surface area (Å²) in [5.74, 6) is 0. The number of aromatic nitrogens is 3. The second kappa shape index (κ2) is 7.20. The molecule has 2 heterocycles. The van der Waals surface area contributed by atoms with Crippen LogP contribution in [0.5, 0.6) is 0 Å². The molecule has 2 aromatic rings. The number of hydrogen-bond donors (Lipinski definition) is 1. The zero-order valence-electron chi connectivity index (χ0n) is 12.9. The fourth-order valence-corrected chi connectivity index (χ4v) is 3.99. The first-order chi connectivity index (χ1) is 11.1. The van der Waals surface area contributed by atoms with Crippen LogP contribution in [0, 0.1) is 0 Å². The third kappa shape index (κ3) is 4.15. The summed E-state index contributed by atoms with van der Waals surface area (Å²) in [6.45, 7) is 2.90. The van der Waals surface area contributed by atoms with Crippen LogP contribution in [0.4, 0.5) is 0 Å². The molecular weight excluding hydrogens is 314 g/mol. The lowest BCUT2D eigenvalue weighted by Crippen LogP contribution is -2.39. The molecule has 0 unspecified atom stereocenters. The zero-order valence-corrected chi connectivity index (χ0v) is 13.7. The van der Waals surface area contributed by atoms with E-state index in [4.69, 9.17) is 0 Å². The van der Waals surface area contributed by atoms with Gasteiger partial charge < -0.3 is 0 Å². The molecule has 0 bridgehead atoms. The topological polar surface area (TPSA) is 80.1 Å². The molecule has 7 nitrogen and oxygen atoms in total. The van der Waals surface area contributed by atoms with E-state index in [1.807, 2.05) is 4.68 Å². The number of rotatable bonds is 7. The smallest absolute Gasteiger partial charge is 0.240 e. The highest BCUT2D eigenvalue weighted by molar-refractivity contribution is 7.89. The van der Waals surface area contributed by atoms with Crippen LogP contribution in [0.3, 0.4) is 0 Å². The molecule has 1 saturated heterocycles.